The highest BCUT2D eigenvalue weighted by Gasteiger charge is 2.45. The molecule has 1 aliphatic rings. The Morgan fingerprint density at radius 1 is 1.44 bits per heavy atom. The van der Waals surface area contributed by atoms with Gasteiger partial charge in [-0.15, -0.1) is 0 Å². The topological polar surface area (TPSA) is 64.3 Å². The van der Waals surface area contributed by atoms with Crippen molar-refractivity contribution in [3.05, 3.63) is 0 Å². The van der Waals surface area contributed by atoms with E-state index >= 15 is 0 Å². The molecule has 0 saturated carbocycles. The molecule has 1 unspecified atom stereocenters. The Morgan fingerprint density at radius 3 is 2.50 bits per heavy atom. The van der Waals surface area contributed by atoms with Crippen molar-refractivity contribution in [3.63, 3.8) is 0 Å². The quantitative estimate of drug-likeness (QED) is 0.695. The molecular formula is C12H24N2O2. The van der Waals surface area contributed by atoms with Crippen molar-refractivity contribution < 1.29 is 9.53 Å². The van der Waals surface area contributed by atoms with Crippen LogP contribution in [0.2, 0.25) is 0 Å². The van der Waals surface area contributed by atoms with Crippen LogP contribution < -0.4 is 11.1 Å². The molecule has 1 atom stereocenters. The fourth-order valence-electron chi connectivity index (χ4n) is 2.42. The number of ether oxygens (including phenoxy) is 1. The maximum Gasteiger partial charge on any atom is 0.217 e. The van der Waals surface area contributed by atoms with E-state index in [1.165, 1.54) is 0 Å². The van der Waals surface area contributed by atoms with Crippen molar-refractivity contribution in [3.8, 4) is 0 Å². The SMILES string of the molecule is CC1(C)CC(NCCCC(N)=O)C(C)(C)O1. The second-order valence-electron chi connectivity index (χ2n) is 5.75. The first kappa shape index (κ1) is 13.5. The van der Waals surface area contributed by atoms with E-state index < -0.39 is 0 Å². The maximum absolute atomic E-state index is 10.6. The lowest BCUT2D eigenvalue weighted by atomic mass is 9.94. The van der Waals surface area contributed by atoms with Crippen LogP contribution in [0.5, 0.6) is 0 Å². The molecule has 0 radical (unpaired) electrons. The number of hydrogen-bond acceptors (Lipinski definition) is 3. The Balaban J connectivity index is 2.34. The van der Waals surface area contributed by atoms with Gasteiger partial charge in [0, 0.05) is 12.5 Å². The summed E-state index contributed by atoms with van der Waals surface area (Å²) in [5, 5.41) is 3.45. The van der Waals surface area contributed by atoms with Crippen LogP contribution in [0.25, 0.3) is 0 Å². The highest BCUT2D eigenvalue weighted by molar-refractivity contribution is 5.73. The van der Waals surface area contributed by atoms with Crippen molar-refractivity contribution in [2.75, 3.05) is 6.54 Å². The van der Waals surface area contributed by atoms with E-state index in [-0.39, 0.29) is 17.1 Å². The summed E-state index contributed by atoms with van der Waals surface area (Å²) in [6.07, 6.45) is 2.24. The largest absolute Gasteiger partial charge is 0.370 e. The molecule has 0 aromatic heterocycles. The standard InChI is InChI=1S/C12H24N2O2/c1-11(2)8-9(12(3,4)16-11)14-7-5-6-10(13)15/h9,14H,5-8H2,1-4H3,(H2,13,15). The minimum absolute atomic E-state index is 0.0646. The summed E-state index contributed by atoms with van der Waals surface area (Å²) in [6, 6.07) is 0.343. The minimum Gasteiger partial charge on any atom is -0.370 e. The number of hydrogen-bond donors (Lipinski definition) is 2. The van der Waals surface area contributed by atoms with Gasteiger partial charge in [0.1, 0.15) is 0 Å². The monoisotopic (exact) mass is 228 g/mol. The Hall–Kier alpha value is -0.610. The predicted molar refractivity (Wildman–Crippen MR) is 64.1 cm³/mol. The van der Waals surface area contributed by atoms with E-state index in [4.69, 9.17) is 10.5 Å². The number of amides is 1. The van der Waals surface area contributed by atoms with Crippen LogP contribution in [-0.4, -0.2) is 29.7 Å². The smallest absolute Gasteiger partial charge is 0.217 e. The lowest BCUT2D eigenvalue weighted by molar-refractivity contribution is -0.118. The Labute approximate surface area is 97.9 Å². The van der Waals surface area contributed by atoms with Crippen LogP contribution in [-0.2, 0) is 9.53 Å². The highest BCUT2D eigenvalue weighted by atomic mass is 16.5. The van der Waals surface area contributed by atoms with Gasteiger partial charge < -0.3 is 15.8 Å². The van der Waals surface area contributed by atoms with Crippen LogP contribution in [0.15, 0.2) is 0 Å². The number of carbonyl (C=O) groups excluding carboxylic acids is 1. The molecule has 1 aliphatic heterocycles. The molecule has 3 N–H and O–H groups in total. The molecule has 0 aromatic carbocycles. The third kappa shape index (κ3) is 3.76. The van der Waals surface area contributed by atoms with Crippen molar-refractivity contribution >= 4 is 5.91 Å². The first-order valence-corrected chi connectivity index (χ1v) is 5.95. The molecule has 1 saturated heterocycles. The fourth-order valence-corrected chi connectivity index (χ4v) is 2.42. The van der Waals surface area contributed by atoms with Gasteiger partial charge in [-0.2, -0.15) is 0 Å². The van der Waals surface area contributed by atoms with Gasteiger partial charge in [-0.3, -0.25) is 4.79 Å². The van der Waals surface area contributed by atoms with Crippen LogP contribution in [0.3, 0.4) is 0 Å². The molecule has 1 rings (SSSR count). The van der Waals surface area contributed by atoms with E-state index in [0.717, 1.165) is 19.4 Å². The van der Waals surface area contributed by atoms with Gasteiger partial charge in [0.15, 0.2) is 0 Å². The lowest BCUT2D eigenvalue weighted by Gasteiger charge is -2.27. The molecule has 0 spiro atoms. The van der Waals surface area contributed by atoms with Gasteiger partial charge in [0.05, 0.1) is 11.2 Å². The van der Waals surface area contributed by atoms with Crippen molar-refractivity contribution in [1.29, 1.82) is 0 Å². The predicted octanol–water partition coefficient (Wildman–Crippen LogP) is 1.19. The molecule has 1 amide bonds. The number of nitrogens with one attached hydrogen (secondary N) is 1. The number of nitrogens with two attached hydrogens (primary N) is 1. The van der Waals surface area contributed by atoms with Gasteiger partial charge in [0.2, 0.25) is 5.91 Å². The third-order valence-corrected chi connectivity index (χ3v) is 3.06. The van der Waals surface area contributed by atoms with Crippen molar-refractivity contribution in [1.82, 2.24) is 5.32 Å². The normalized spacial score (nSPS) is 26.9. The molecule has 1 fully saturated rings. The van der Waals surface area contributed by atoms with Crippen LogP contribution in [0.1, 0.15) is 47.0 Å². The Kier molecular flexibility index (Phi) is 3.97. The third-order valence-electron chi connectivity index (χ3n) is 3.06. The zero-order chi connectivity index (χ0) is 12.4. The van der Waals surface area contributed by atoms with E-state index in [2.05, 4.69) is 33.0 Å². The van der Waals surface area contributed by atoms with E-state index in [9.17, 15) is 4.79 Å². The summed E-state index contributed by atoms with van der Waals surface area (Å²) in [5.41, 5.74) is 4.88. The van der Waals surface area contributed by atoms with Crippen molar-refractivity contribution in [2.45, 2.75) is 64.2 Å². The molecular weight excluding hydrogens is 204 g/mol. The van der Waals surface area contributed by atoms with Gasteiger partial charge in [-0.1, -0.05) is 0 Å². The molecule has 0 aromatic rings. The molecule has 4 heteroatoms. The number of primary amides is 1. The summed E-state index contributed by atoms with van der Waals surface area (Å²) in [7, 11) is 0. The summed E-state index contributed by atoms with van der Waals surface area (Å²) in [5.74, 6) is -0.232. The Morgan fingerprint density at radius 2 is 2.06 bits per heavy atom. The second-order valence-corrected chi connectivity index (χ2v) is 5.75. The van der Waals surface area contributed by atoms with Gasteiger partial charge in [-0.25, -0.2) is 0 Å². The molecule has 4 nitrogen and oxygen atoms in total. The summed E-state index contributed by atoms with van der Waals surface area (Å²) < 4.78 is 5.97. The van der Waals surface area contributed by atoms with E-state index in [1.807, 2.05) is 0 Å². The molecule has 0 bridgehead atoms. The summed E-state index contributed by atoms with van der Waals surface area (Å²) in [6.45, 7) is 9.25. The number of rotatable bonds is 5. The first-order valence-electron chi connectivity index (χ1n) is 5.95. The van der Waals surface area contributed by atoms with Gasteiger partial charge >= 0.3 is 0 Å². The maximum atomic E-state index is 10.6. The summed E-state index contributed by atoms with van der Waals surface area (Å²) >= 11 is 0. The highest BCUT2D eigenvalue weighted by Crippen LogP contribution is 2.37. The van der Waals surface area contributed by atoms with E-state index in [1.54, 1.807) is 0 Å². The van der Waals surface area contributed by atoms with E-state index in [0.29, 0.717) is 12.5 Å². The zero-order valence-corrected chi connectivity index (χ0v) is 10.8. The molecule has 94 valence electrons. The first-order chi connectivity index (χ1) is 7.23. The van der Waals surface area contributed by atoms with Crippen molar-refractivity contribution in [2.24, 2.45) is 5.73 Å². The second kappa shape index (κ2) is 4.72. The van der Waals surface area contributed by atoms with Crippen LogP contribution in [0.4, 0.5) is 0 Å². The average Bonchev–Trinajstić information content (AvgIpc) is 2.27. The summed E-state index contributed by atoms with van der Waals surface area (Å²) in [4.78, 5) is 10.6. The minimum atomic E-state index is -0.232. The zero-order valence-electron chi connectivity index (χ0n) is 10.8. The molecule has 1 heterocycles. The van der Waals surface area contributed by atoms with Crippen LogP contribution in [0, 0.1) is 0 Å². The molecule has 0 aliphatic carbocycles. The fraction of sp³-hybridized carbons (Fsp3) is 0.917. The Bertz CT molecular complexity index is 262. The number of carbonyl (C=O) groups is 1. The molecule has 16 heavy (non-hydrogen) atoms. The lowest BCUT2D eigenvalue weighted by Crippen LogP contribution is -2.43. The van der Waals surface area contributed by atoms with Gasteiger partial charge in [-0.05, 0) is 47.1 Å². The average molecular weight is 228 g/mol. The van der Waals surface area contributed by atoms with Crippen LogP contribution >= 0.6 is 0 Å². The van der Waals surface area contributed by atoms with Gasteiger partial charge in [0.25, 0.3) is 0 Å².